The fraction of sp³-hybridized carbons (Fsp3) is 0.833. The average Bonchev–Trinajstić information content (AvgIpc) is 2.26. The van der Waals surface area contributed by atoms with E-state index in [9.17, 15) is 9.59 Å². The molecule has 0 heterocycles. The molecule has 0 aliphatic rings. The summed E-state index contributed by atoms with van der Waals surface area (Å²) in [5.41, 5.74) is 5.61. The second-order valence-electron chi connectivity index (χ2n) is 4.57. The number of ether oxygens (including phenoxy) is 1. The summed E-state index contributed by atoms with van der Waals surface area (Å²) in [6, 6.07) is 0.127. The SMILES string of the molecule is COC(=O)C(C)CN(C)C(=O)CCCC(C)N. The molecule has 0 saturated heterocycles. The lowest BCUT2D eigenvalue weighted by molar-refractivity contribution is -0.146. The molecule has 2 atom stereocenters. The van der Waals surface area contributed by atoms with Crippen LogP contribution in [0.5, 0.6) is 0 Å². The Kier molecular flexibility index (Phi) is 7.54. The largest absolute Gasteiger partial charge is 0.469 e. The molecule has 0 aromatic carbocycles. The minimum atomic E-state index is -0.291. The van der Waals surface area contributed by atoms with Gasteiger partial charge >= 0.3 is 5.97 Å². The van der Waals surface area contributed by atoms with Crippen LogP contribution in [0.25, 0.3) is 0 Å². The van der Waals surface area contributed by atoms with Crippen molar-refractivity contribution in [1.82, 2.24) is 4.90 Å². The highest BCUT2D eigenvalue weighted by atomic mass is 16.5. The lowest BCUT2D eigenvalue weighted by atomic mass is 10.1. The summed E-state index contributed by atoms with van der Waals surface area (Å²) in [5, 5.41) is 0. The normalized spacial score (nSPS) is 13.9. The fourth-order valence-corrected chi connectivity index (χ4v) is 1.55. The number of carbonyl (C=O) groups is 2. The van der Waals surface area contributed by atoms with E-state index < -0.39 is 0 Å². The molecule has 0 saturated carbocycles. The van der Waals surface area contributed by atoms with Gasteiger partial charge in [-0.05, 0) is 19.8 Å². The molecule has 17 heavy (non-hydrogen) atoms. The second-order valence-corrected chi connectivity index (χ2v) is 4.57. The van der Waals surface area contributed by atoms with Crippen LogP contribution in [0.3, 0.4) is 0 Å². The van der Waals surface area contributed by atoms with Crippen LogP contribution >= 0.6 is 0 Å². The Morgan fingerprint density at radius 2 is 1.94 bits per heavy atom. The fourth-order valence-electron chi connectivity index (χ4n) is 1.55. The summed E-state index contributed by atoms with van der Waals surface area (Å²) >= 11 is 0. The molecular weight excluding hydrogens is 220 g/mol. The van der Waals surface area contributed by atoms with E-state index in [1.807, 2.05) is 6.92 Å². The quantitative estimate of drug-likeness (QED) is 0.671. The number of hydrogen-bond acceptors (Lipinski definition) is 4. The Hall–Kier alpha value is -1.10. The van der Waals surface area contributed by atoms with Crippen molar-refractivity contribution in [2.75, 3.05) is 20.7 Å². The molecule has 0 aliphatic carbocycles. The lowest BCUT2D eigenvalue weighted by Crippen LogP contribution is -2.34. The molecule has 5 heteroatoms. The van der Waals surface area contributed by atoms with Crippen LogP contribution in [0.4, 0.5) is 0 Å². The van der Waals surface area contributed by atoms with Crippen molar-refractivity contribution in [3.05, 3.63) is 0 Å². The molecule has 0 spiro atoms. The van der Waals surface area contributed by atoms with Crippen LogP contribution < -0.4 is 5.73 Å². The Balaban J connectivity index is 3.93. The maximum absolute atomic E-state index is 11.7. The number of rotatable bonds is 7. The predicted molar refractivity (Wildman–Crippen MR) is 66.3 cm³/mol. The van der Waals surface area contributed by atoms with Crippen LogP contribution in [0.15, 0.2) is 0 Å². The van der Waals surface area contributed by atoms with Gasteiger partial charge in [-0.25, -0.2) is 0 Å². The van der Waals surface area contributed by atoms with E-state index in [2.05, 4.69) is 4.74 Å². The minimum absolute atomic E-state index is 0.0430. The van der Waals surface area contributed by atoms with Gasteiger partial charge in [-0.3, -0.25) is 9.59 Å². The number of nitrogens with two attached hydrogens (primary N) is 1. The van der Waals surface area contributed by atoms with E-state index >= 15 is 0 Å². The smallest absolute Gasteiger partial charge is 0.310 e. The summed E-state index contributed by atoms with van der Waals surface area (Å²) < 4.78 is 4.61. The third-order valence-electron chi connectivity index (χ3n) is 2.63. The van der Waals surface area contributed by atoms with E-state index in [1.165, 1.54) is 7.11 Å². The molecule has 0 bridgehead atoms. The molecular formula is C12H24N2O3. The molecule has 0 fully saturated rings. The van der Waals surface area contributed by atoms with Gasteiger partial charge < -0.3 is 15.4 Å². The number of carbonyl (C=O) groups excluding carboxylic acids is 2. The first-order valence-corrected chi connectivity index (χ1v) is 5.95. The number of nitrogens with zero attached hydrogens (tertiary/aromatic N) is 1. The highest BCUT2D eigenvalue weighted by molar-refractivity contribution is 5.77. The van der Waals surface area contributed by atoms with Crippen LogP contribution in [-0.4, -0.2) is 43.5 Å². The monoisotopic (exact) mass is 244 g/mol. The van der Waals surface area contributed by atoms with E-state index in [0.29, 0.717) is 13.0 Å². The summed E-state index contributed by atoms with van der Waals surface area (Å²) in [6.07, 6.45) is 2.10. The lowest BCUT2D eigenvalue weighted by Gasteiger charge is -2.20. The van der Waals surface area contributed by atoms with Gasteiger partial charge in [-0.1, -0.05) is 6.92 Å². The zero-order chi connectivity index (χ0) is 13.4. The maximum Gasteiger partial charge on any atom is 0.310 e. The third-order valence-corrected chi connectivity index (χ3v) is 2.63. The predicted octanol–water partition coefficient (Wildman–Crippen LogP) is 0.771. The van der Waals surface area contributed by atoms with Crippen molar-refractivity contribution >= 4 is 11.9 Å². The molecule has 2 N–H and O–H groups in total. The Morgan fingerprint density at radius 1 is 1.35 bits per heavy atom. The Morgan fingerprint density at radius 3 is 2.41 bits per heavy atom. The molecule has 100 valence electrons. The standard InChI is InChI=1S/C12H24N2O3/c1-9(12(16)17-4)8-14(3)11(15)7-5-6-10(2)13/h9-10H,5-8,13H2,1-4H3. The van der Waals surface area contributed by atoms with E-state index in [4.69, 9.17) is 5.73 Å². The van der Waals surface area contributed by atoms with Gasteiger partial charge in [0.2, 0.25) is 5.91 Å². The van der Waals surface area contributed by atoms with Crippen molar-refractivity contribution in [2.24, 2.45) is 11.7 Å². The highest BCUT2D eigenvalue weighted by Gasteiger charge is 2.18. The summed E-state index contributed by atoms with van der Waals surface area (Å²) in [4.78, 5) is 24.5. The second kappa shape index (κ2) is 8.06. The number of hydrogen-bond donors (Lipinski definition) is 1. The highest BCUT2D eigenvalue weighted by Crippen LogP contribution is 2.05. The van der Waals surface area contributed by atoms with Gasteiger partial charge in [0.05, 0.1) is 13.0 Å². The van der Waals surface area contributed by atoms with Crippen LogP contribution in [0.2, 0.25) is 0 Å². The summed E-state index contributed by atoms with van der Waals surface area (Å²) in [7, 11) is 3.05. The number of esters is 1. The van der Waals surface area contributed by atoms with Crippen LogP contribution in [0.1, 0.15) is 33.1 Å². The first-order valence-electron chi connectivity index (χ1n) is 5.95. The van der Waals surface area contributed by atoms with Crippen LogP contribution in [0, 0.1) is 5.92 Å². The summed E-state index contributed by atoms with van der Waals surface area (Å²) in [5.74, 6) is -0.538. The molecule has 2 unspecified atom stereocenters. The van der Waals surface area contributed by atoms with Crippen molar-refractivity contribution in [3.63, 3.8) is 0 Å². The van der Waals surface area contributed by atoms with Gasteiger partial charge in [-0.2, -0.15) is 0 Å². The average molecular weight is 244 g/mol. The van der Waals surface area contributed by atoms with Crippen molar-refractivity contribution in [2.45, 2.75) is 39.2 Å². The van der Waals surface area contributed by atoms with Crippen LogP contribution in [-0.2, 0) is 14.3 Å². The topological polar surface area (TPSA) is 72.6 Å². The van der Waals surface area contributed by atoms with Gasteiger partial charge in [0, 0.05) is 26.1 Å². The zero-order valence-electron chi connectivity index (χ0n) is 11.2. The molecule has 5 nitrogen and oxygen atoms in total. The Bertz CT molecular complexity index is 254. The molecule has 1 amide bonds. The molecule has 0 rings (SSSR count). The Labute approximate surface area is 103 Å². The zero-order valence-corrected chi connectivity index (χ0v) is 11.2. The van der Waals surface area contributed by atoms with Gasteiger partial charge in [0.1, 0.15) is 0 Å². The van der Waals surface area contributed by atoms with Gasteiger partial charge in [-0.15, -0.1) is 0 Å². The van der Waals surface area contributed by atoms with Crippen molar-refractivity contribution < 1.29 is 14.3 Å². The number of amides is 1. The van der Waals surface area contributed by atoms with E-state index in [1.54, 1.807) is 18.9 Å². The van der Waals surface area contributed by atoms with E-state index in [-0.39, 0.29) is 23.8 Å². The first kappa shape index (κ1) is 15.9. The third kappa shape index (κ3) is 6.94. The molecule has 0 aromatic heterocycles. The van der Waals surface area contributed by atoms with Crippen molar-refractivity contribution in [3.8, 4) is 0 Å². The van der Waals surface area contributed by atoms with Gasteiger partial charge in [0.15, 0.2) is 0 Å². The maximum atomic E-state index is 11.7. The first-order chi connectivity index (χ1) is 7.88. The molecule has 0 aromatic rings. The minimum Gasteiger partial charge on any atom is -0.469 e. The molecule has 0 radical (unpaired) electrons. The van der Waals surface area contributed by atoms with E-state index in [0.717, 1.165) is 12.8 Å². The van der Waals surface area contributed by atoms with Crippen molar-refractivity contribution in [1.29, 1.82) is 0 Å². The molecule has 0 aliphatic heterocycles. The number of methoxy groups -OCH3 is 1. The van der Waals surface area contributed by atoms with Gasteiger partial charge in [0.25, 0.3) is 0 Å². The summed E-state index contributed by atoms with van der Waals surface area (Å²) in [6.45, 7) is 4.06.